The van der Waals surface area contributed by atoms with Crippen LogP contribution in [0.4, 0.5) is 5.82 Å². The molecule has 2 N–H and O–H groups in total. The van der Waals surface area contributed by atoms with Crippen molar-refractivity contribution < 1.29 is 9.59 Å². The van der Waals surface area contributed by atoms with E-state index in [1.807, 2.05) is 0 Å². The second kappa shape index (κ2) is 5.09. The first kappa shape index (κ1) is 11.2. The van der Waals surface area contributed by atoms with Gasteiger partial charge in [0.2, 0.25) is 0 Å². The van der Waals surface area contributed by atoms with Gasteiger partial charge in [-0.3, -0.25) is 9.59 Å². The number of pyridine rings is 1. The van der Waals surface area contributed by atoms with Crippen molar-refractivity contribution >= 4 is 17.6 Å². The van der Waals surface area contributed by atoms with Gasteiger partial charge in [-0.05, 0) is 26.0 Å². The van der Waals surface area contributed by atoms with Gasteiger partial charge in [-0.15, -0.1) is 0 Å². The molecule has 0 saturated carbocycles. The lowest BCUT2D eigenvalue weighted by atomic mass is 10.4. The number of anilines is 1. The van der Waals surface area contributed by atoms with Crippen LogP contribution in [0.3, 0.4) is 0 Å². The predicted octanol–water partition coefficient (Wildman–Crippen LogP) is 0.545. The van der Waals surface area contributed by atoms with E-state index in [0.29, 0.717) is 5.82 Å². The molecule has 0 saturated heterocycles. The smallest absolute Gasteiger partial charge is 0.314 e. The third-order valence-electron chi connectivity index (χ3n) is 1.53. The molecule has 0 fully saturated rings. The Balaban J connectivity index is 2.53. The minimum absolute atomic E-state index is 0.0630. The Bertz CT molecular complexity index is 349. The summed E-state index contributed by atoms with van der Waals surface area (Å²) in [6.07, 6.45) is 1.54. The topological polar surface area (TPSA) is 71.1 Å². The molecule has 5 heteroatoms. The van der Waals surface area contributed by atoms with Gasteiger partial charge in [0.1, 0.15) is 5.82 Å². The average molecular weight is 207 g/mol. The van der Waals surface area contributed by atoms with Gasteiger partial charge < -0.3 is 10.6 Å². The van der Waals surface area contributed by atoms with E-state index < -0.39 is 11.8 Å². The van der Waals surface area contributed by atoms with E-state index in [2.05, 4.69) is 15.6 Å². The molecule has 0 bridgehead atoms. The summed E-state index contributed by atoms with van der Waals surface area (Å²) in [6.45, 7) is 3.57. The van der Waals surface area contributed by atoms with E-state index in [9.17, 15) is 9.59 Å². The SMILES string of the molecule is CC(C)NC(=O)C(=O)Nc1ccccn1. The Morgan fingerprint density at radius 1 is 1.27 bits per heavy atom. The largest absolute Gasteiger partial charge is 0.346 e. The number of nitrogens with zero attached hydrogens (tertiary/aromatic N) is 1. The van der Waals surface area contributed by atoms with Crippen LogP contribution in [0, 0.1) is 0 Å². The lowest BCUT2D eigenvalue weighted by Crippen LogP contribution is -2.39. The molecule has 0 aliphatic rings. The number of carbonyl (C=O) groups excluding carboxylic acids is 2. The first-order valence-electron chi connectivity index (χ1n) is 4.62. The molecule has 0 aliphatic heterocycles. The summed E-state index contributed by atoms with van der Waals surface area (Å²) in [5, 5.41) is 4.87. The van der Waals surface area contributed by atoms with Crippen LogP contribution in [0.5, 0.6) is 0 Å². The monoisotopic (exact) mass is 207 g/mol. The lowest BCUT2D eigenvalue weighted by molar-refractivity contribution is -0.136. The predicted molar refractivity (Wildman–Crippen MR) is 56.1 cm³/mol. The zero-order valence-electron chi connectivity index (χ0n) is 8.65. The van der Waals surface area contributed by atoms with E-state index >= 15 is 0 Å². The van der Waals surface area contributed by atoms with Crippen LogP contribution < -0.4 is 10.6 Å². The summed E-state index contributed by atoms with van der Waals surface area (Å²) < 4.78 is 0. The molecule has 1 aromatic heterocycles. The number of rotatable bonds is 2. The molecule has 1 aromatic rings. The third-order valence-corrected chi connectivity index (χ3v) is 1.53. The normalized spacial score (nSPS) is 9.80. The van der Waals surface area contributed by atoms with Gasteiger partial charge in [0, 0.05) is 12.2 Å². The fourth-order valence-corrected chi connectivity index (χ4v) is 0.938. The molecule has 1 heterocycles. The zero-order chi connectivity index (χ0) is 11.3. The van der Waals surface area contributed by atoms with Gasteiger partial charge in [0.05, 0.1) is 0 Å². The Morgan fingerprint density at radius 3 is 2.53 bits per heavy atom. The number of nitrogens with one attached hydrogen (secondary N) is 2. The molecule has 15 heavy (non-hydrogen) atoms. The van der Waals surface area contributed by atoms with Crippen molar-refractivity contribution in [3.63, 3.8) is 0 Å². The Labute approximate surface area is 87.9 Å². The van der Waals surface area contributed by atoms with Crippen molar-refractivity contribution in [3.8, 4) is 0 Å². The first-order valence-corrected chi connectivity index (χ1v) is 4.62. The van der Waals surface area contributed by atoms with E-state index in [-0.39, 0.29) is 6.04 Å². The number of carbonyl (C=O) groups is 2. The van der Waals surface area contributed by atoms with Crippen LogP contribution in [-0.4, -0.2) is 22.8 Å². The molecule has 0 unspecified atom stereocenters. The first-order chi connectivity index (χ1) is 7.09. The second-order valence-electron chi connectivity index (χ2n) is 3.30. The fraction of sp³-hybridized carbons (Fsp3) is 0.300. The summed E-state index contributed by atoms with van der Waals surface area (Å²) >= 11 is 0. The third kappa shape index (κ3) is 3.76. The van der Waals surface area contributed by atoms with E-state index in [4.69, 9.17) is 0 Å². The maximum Gasteiger partial charge on any atom is 0.314 e. The van der Waals surface area contributed by atoms with E-state index in [1.165, 1.54) is 6.20 Å². The highest BCUT2D eigenvalue weighted by Gasteiger charge is 2.14. The van der Waals surface area contributed by atoms with E-state index in [1.54, 1.807) is 32.0 Å². The number of hydrogen-bond donors (Lipinski definition) is 2. The van der Waals surface area contributed by atoms with E-state index in [0.717, 1.165) is 0 Å². The van der Waals surface area contributed by atoms with Gasteiger partial charge in [-0.1, -0.05) is 6.07 Å². The van der Waals surface area contributed by atoms with Gasteiger partial charge in [0.15, 0.2) is 0 Å². The fourth-order valence-electron chi connectivity index (χ4n) is 0.938. The van der Waals surface area contributed by atoms with Crippen molar-refractivity contribution in [3.05, 3.63) is 24.4 Å². The molecule has 0 aromatic carbocycles. The van der Waals surface area contributed by atoms with Crippen LogP contribution >= 0.6 is 0 Å². The van der Waals surface area contributed by atoms with Crippen molar-refractivity contribution in [1.29, 1.82) is 0 Å². The zero-order valence-corrected chi connectivity index (χ0v) is 8.65. The number of aromatic nitrogens is 1. The summed E-state index contributed by atoms with van der Waals surface area (Å²) in [5.41, 5.74) is 0. The maximum absolute atomic E-state index is 11.3. The minimum atomic E-state index is -0.706. The summed E-state index contributed by atoms with van der Waals surface area (Å²) in [6, 6.07) is 5.00. The lowest BCUT2D eigenvalue weighted by Gasteiger charge is -2.07. The van der Waals surface area contributed by atoms with Gasteiger partial charge in [-0.25, -0.2) is 4.98 Å². The molecule has 0 radical (unpaired) electrons. The minimum Gasteiger partial charge on any atom is -0.346 e. The summed E-state index contributed by atoms with van der Waals surface area (Å²) in [5.74, 6) is -1.00. The molecular weight excluding hydrogens is 194 g/mol. The van der Waals surface area contributed by atoms with Crippen LogP contribution in [-0.2, 0) is 9.59 Å². The highest BCUT2D eigenvalue weighted by Crippen LogP contribution is 1.98. The van der Waals surface area contributed by atoms with Crippen molar-refractivity contribution in [1.82, 2.24) is 10.3 Å². The summed E-state index contributed by atoms with van der Waals surface area (Å²) in [4.78, 5) is 26.4. The van der Waals surface area contributed by atoms with Crippen LogP contribution in [0.25, 0.3) is 0 Å². The number of hydrogen-bond acceptors (Lipinski definition) is 3. The summed E-state index contributed by atoms with van der Waals surface area (Å²) in [7, 11) is 0. The van der Waals surface area contributed by atoms with Crippen LogP contribution in [0.15, 0.2) is 24.4 Å². The van der Waals surface area contributed by atoms with Gasteiger partial charge in [0.25, 0.3) is 0 Å². The Hall–Kier alpha value is -1.91. The molecular formula is C10H13N3O2. The van der Waals surface area contributed by atoms with Gasteiger partial charge in [-0.2, -0.15) is 0 Å². The maximum atomic E-state index is 11.3. The molecule has 80 valence electrons. The van der Waals surface area contributed by atoms with Gasteiger partial charge >= 0.3 is 11.8 Å². The van der Waals surface area contributed by atoms with Crippen LogP contribution in [0.2, 0.25) is 0 Å². The van der Waals surface area contributed by atoms with Crippen molar-refractivity contribution in [2.75, 3.05) is 5.32 Å². The Morgan fingerprint density at radius 2 is 2.00 bits per heavy atom. The number of amides is 2. The quantitative estimate of drug-likeness (QED) is 0.695. The molecule has 0 atom stereocenters. The highest BCUT2D eigenvalue weighted by molar-refractivity contribution is 6.39. The molecule has 5 nitrogen and oxygen atoms in total. The Kier molecular flexibility index (Phi) is 3.79. The van der Waals surface area contributed by atoms with Crippen molar-refractivity contribution in [2.24, 2.45) is 0 Å². The second-order valence-corrected chi connectivity index (χ2v) is 3.30. The standard InChI is InChI=1S/C10H13N3O2/c1-7(2)12-9(14)10(15)13-8-5-3-4-6-11-8/h3-7H,1-2H3,(H,12,14)(H,11,13,15). The molecule has 2 amide bonds. The van der Waals surface area contributed by atoms with Crippen molar-refractivity contribution in [2.45, 2.75) is 19.9 Å². The molecule has 0 spiro atoms. The molecule has 0 aliphatic carbocycles. The highest BCUT2D eigenvalue weighted by atomic mass is 16.2. The van der Waals surface area contributed by atoms with Crippen LogP contribution in [0.1, 0.15) is 13.8 Å². The average Bonchev–Trinajstić information content (AvgIpc) is 2.18. The molecule has 1 rings (SSSR count).